The topological polar surface area (TPSA) is 144 Å². The maximum Gasteiger partial charge on any atom is 0.514 e. The molecule has 0 spiro atoms. The van der Waals surface area contributed by atoms with Crippen molar-refractivity contribution in [3.8, 4) is 23.0 Å². The summed E-state index contributed by atoms with van der Waals surface area (Å²) in [5, 5.41) is 22.4. The number of nitrogens with zero attached hydrogens (tertiary/aromatic N) is 1. The maximum atomic E-state index is 12.8. The second kappa shape index (κ2) is 15.0. The van der Waals surface area contributed by atoms with E-state index in [-0.39, 0.29) is 25.5 Å². The van der Waals surface area contributed by atoms with Gasteiger partial charge in [-0.15, -0.1) is 0 Å². The second-order valence-corrected chi connectivity index (χ2v) is 9.63. The van der Waals surface area contributed by atoms with E-state index in [0.717, 1.165) is 21.8 Å². The molecule has 12 nitrogen and oxygen atoms in total. The summed E-state index contributed by atoms with van der Waals surface area (Å²) in [7, 11) is 1.58. The van der Waals surface area contributed by atoms with Gasteiger partial charge in [0.25, 0.3) is 0 Å². The molecule has 0 aliphatic rings. The molecule has 0 bridgehead atoms. The molecule has 5 rings (SSSR count). The Kier molecular flexibility index (Phi) is 10.5. The van der Waals surface area contributed by atoms with Gasteiger partial charge >= 0.3 is 6.16 Å². The van der Waals surface area contributed by atoms with Gasteiger partial charge in [0.2, 0.25) is 0 Å². The van der Waals surface area contributed by atoms with Crippen molar-refractivity contribution in [1.29, 1.82) is 0 Å². The molecule has 0 radical (unpaired) electrons. The number of fused-ring (bicyclic) bond motifs is 3. The monoisotopic (exact) mass is 603 g/mol. The average Bonchev–Trinajstić information content (AvgIpc) is 3.42. The highest BCUT2D eigenvalue weighted by Gasteiger charge is 2.19. The van der Waals surface area contributed by atoms with Crippen molar-refractivity contribution in [2.75, 3.05) is 33.4 Å². The zero-order valence-corrected chi connectivity index (χ0v) is 24.0. The summed E-state index contributed by atoms with van der Waals surface area (Å²) < 4.78 is 28.4. The molecule has 1 heterocycles. The van der Waals surface area contributed by atoms with Crippen LogP contribution in [0.1, 0.15) is 5.56 Å². The first kappa shape index (κ1) is 30.6. The summed E-state index contributed by atoms with van der Waals surface area (Å²) in [5.74, 6) is 2.11. The molecule has 44 heavy (non-hydrogen) atoms. The van der Waals surface area contributed by atoms with Gasteiger partial charge in [0.05, 0.1) is 24.6 Å². The van der Waals surface area contributed by atoms with Crippen molar-refractivity contribution >= 4 is 28.0 Å². The highest BCUT2D eigenvalue weighted by molar-refractivity contribution is 6.10. The Morgan fingerprint density at radius 2 is 1.64 bits per heavy atom. The zero-order valence-electron chi connectivity index (χ0n) is 24.0. The Bertz CT molecular complexity index is 1670. The van der Waals surface area contributed by atoms with E-state index in [1.165, 1.54) is 6.07 Å². The number of H-pyrrole nitrogens is 1. The standard InChI is InChI=1S/C32H33N3O9/c1-39-28-13-4-5-14-29(28)40-17-16-33-19-24(44-32(36)43-23-9-6-8-22(18-23)20-42-35(37)38)21-41-30-15-7-12-27-31(30)25-10-2-3-11-26(25)34-27/h2-15,18,24,33-34,37-38H,16-17,19-21H2,1H3. The number of carbonyl (C=O) groups is 1. The second-order valence-electron chi connectivity index (χ2n) is 9.63. The number of benzene rings is 4. The lowest BCUT2D eigenvalue weighted by molar-refractivity contribution is -0.497. The van der Waals surface area contributed by atoms with Crippen LogP contribution in [-0.4, -0.2) is 66.5 Å². The molecule has 5 aromatic rings. The fourth-order valence-electron chi connectivity index (χ4n) is 4.63. The average molecular weight is 604 g/mol. The number of aromatic nitrogens is 1. The molecule has 4 N–H and O–H groups in total. The molecule has 0 saturated heterocycles. The van der Waals surface area contributed by atoms with Gasteiger partial charge in [-0.3, -0.25) is 10.4 Å². The van der Waals surface area contributed by atoms with E-state index in [1.54, 1.807) is 25.3 Å². The van der Waals surface area contributed by atoms with E-state index in [2.05, 4.69) is 15.1 Å². The number of rotatable bonds is 15. The van der Waals surface area contributed by atoms with E-state index in [0.29, 0.717) is 36.0 Å². The van der Waals surface area contributed by atoms with Crippen LogP contribution >= 0.6 is 0 Å². The fraction of sp³-hybridized carbons (Fsp3) is 0.219. The first-order valence-corrected chi connectivity index (χ1v) is 13.9. The lowest BCUT2D eigenvalue weighted by atomic mass is 10.1. The minimum absolute atomic E-state index is 0.0464. The van der Waals surface area contributed by atoms with Gasteiger partial charge in [0.1, 0.15) is 24.7 Å². The predicted octanol–water partition coefficient (Wildman–Crippen LogP) is 5.47. The van der Waals surface area contributed by atoms with Gasteiger partial charge in [-0.1, -0.05) is 48.5 Å². The quantitative estimate of drug-likeness (QED) is 0.0523. The SMILES string of the molecule is COc1ccccc1OCCNCC(COc1cccc2[nH]c3ccccc3c12)OC(=O)Oc1cccc(CON(O)O)c1. The smallest absolute Gasteiger partial charge is 0.493 e. The molecule has 0 amide bonds. The molecule has 0 fully saturated rings. The minimum atomic E-state index is -0.931. The number of nitrogens with one attached hydrogen (secondary N) is 2. The Labute approximate surface area is 253 Å². The van der Waals surface area contributed by atoms with Crippen LogP contribution in [-0.2, 0) is 16.2 Å². The lowest BCUT2D eigenvalue weighted by Gasteiger charge is -2.19. The normalized spacial score (nSPS) is 11.9. The molecular formula is C32H33N3O9. The molecule has 0 aliphatic carbocycles. The molecule has 12 heteroatoms. The van der Waals surface area contributed by atoms with E-state index in [1.807, 2.05) is 66.7 Å². The van der Waals surface area contributed by atoms with Crippen LogP contribution in [0, 0.1) is 0 Å². The van der Waals surface area contributed by atoms with Crippen molar-refractivity contribution in [3.63, 3.8) is 0 Å². The van der Waals surface area contributed by atoms with Crippen molar-refractivity contribution in [1.82, 2.24) is 15.7 Å². The zero-order chi connectivity index (χ0) is 30.7. The molecule has 1 atom stereocenters. The summed E-state index contributed by atoms with van der Waals surface area (Å²) >= 11 is 0. The van der Waals surface area contributed by atoms with Crippen LogP contribution in [0.25, 0.3) is 21.8 Å². The molecule has 4 aromatic carbocycles. The van der Waals surface area contributed by atoms with Gasteiger partial charge in [-0.25, -0.2) is 9.63 Å². The third-order valence-electron chi connectivity index (χ3n) is 6.60. The van der Waals surface area contributed by atoms with Crippen LogP contribution in [0.5, 0.6) is 23.0 Å². The number of para-hydroxylation sites is 3. The molecule has 0 aliphatic heterocycles. The Morgan fingerprint density at radius 1 is 0.886 bits per heavy atom. The summed E-state index contributed by atoms with van der Waals surface area (Å²) in [6.07, 6.45) is -1.65. The van der Waals surface area contributed by atoms with Crippen LogP contribution in [0.4, 0.5) is 4.79 Å². The van der Waals surface area contributed by atoms with Gasteiger partial charge in [0.15, 0.2) is 17.6 Å². The van der Waals surface area contributed by atoms with E-state index in [9.17, 15) is 4.79 Å². The summed E-state index contributed by atoms with van der Waals surface area (Å²) in [6, 6.07) is 27.5. The third-order valence-corrected chi connectivity index (χ3v) is 6.60. The number of ether oxygens (including phenoxy) is 5. The minimum Gasteiger partial charge on any atom is -0.493 e. The summed E-state index contributed by atoms with van der Waals surface area (Å²) in [4.78, 5) is 20.8. The van der Waals surface area contributed by atoms with Gasteiger partial charge in [-0.05, 0) is 48.0 Å². The van der Waals surface area contributed by atoms with Gasteiger partial charge in [0, 0.05) is 29.4 Å². The summed E-state index contributed by atoms with van der Waals surface area (Å²) in [5.41, 5.74) is 2.46. The molecule has 0 saturated carbocycles. The molecule has 230 valence electrons. The highest BCUT2D eigenvalue weighted by Crippen LogP contribution is 2.33. The van der Waals surface area contributed by atoms with Crippen molar-refractivity contribution in [2.45, 2.75) is 12.7 Å². The lowest BCUT2D eigenvalue weighted by Crippen LogP contribution is -2.37. The third kappa shape index (κ3) is 8.16. The summed E-state index contributed by atoms with van der Waals surface area (Å²) in [6.45, 7) is 0.951. The van der Waals surface area contributed by atoms with E-state index < -0.39 is 17.6 Å². The van der Waals surface area contributed by atoms with E-state index in [4.69, 9.17) is 34.1 Å². The van der Waals surface area contributed by atoms with E-state index >= 15 is 0 Å². The molecule has 1 unspecified atom stereocenters. The Hall–Kier alpha value is -4.85. The number of hydrogen-bond donors (Lipinski definition) is 4. The maximum absolute atomic E-state index is 12.8. The number of hydrogen-bond acceptors (Lipinski definition) is 11. The Balaban J connectivity index is 1.23. The van der Waals surface area contributed by atoms with Gasteiger partial charge in [-0.2, -0.15) is 0 Å². The number of carbonyl (C=O) groups excluding carboxylic acids is 1. The molecule has 1 aromatic heterocycles. The van der Waals surface area contributed by atoms with Crippen molar-refractivity contribution < 1.29 is 43.7 Å². The van der Waals surface area contributed by atoms with Crippen molar-refractivity contribution in [2.24, 2.45) is 0 Å². The molecular weight excluding hydrogens is 570 g/mol. The fourth-order valence-corrected chi connectivity index (χ4v) is 4.63. The van der Waals surface area contributed by atoms with Crippen LogP contribution in [0.2, 0.25) is 0 Å². The van der Waals surface area contributed by atoms with Crippen LogP contribution in [0.15, 0.2) is 91.0 Å². The van der Waals surface area contributed by atoms with Crippen molar-refractivity contribution in [3.05, 3.63) is 96.6 Å². The van der Waals surface area contributed by atoms with Gasteiger partial charge < -0.3 is 34.0 Å². The predicted molar refractivity (Wildman–Crippen MR) is 160 cm³/mol. The first-order chi connectivity index (χ1) is 21.5. The highest BCUT2D eigenvalue weighted by atomic mass is 17.1. The first-order valence-electron chi connectivity index (χ1n) is 13.9. The van der Waals surface area contributed by atoms with Crippen LogP contribution in [0.3, 0.4) is 0 Å². The number of aromatic amines is 1. The Morgan fingerprint density at radius 3 is 2.48 bits per heavy atom. The number of methoxy groups -OCH3 is 1. The van der Waals surface area contributed by atoms with Crippen LogP contribution < -0.4 is 24.3 Å². The largest absolute Gasteiger partial charge is 0.514 e.